The van der Waals surface area contributed by atoms with Gasteiger partial charge in [-0.2, -0.15) is 0 Å². The maximum atomic E-state index is 12.2. The molecule has 0 spiro atoms. The van der Waals surface area contributed by atoms with E-state index in [9.17, 15) is 9.59 Å². The molecule has 140 valence electrons. The molecule has 8 heteroatoms. The molecule has 1 unspecified atom stereocenters. The third-order valence-electron chi connectivity index (χ3n) is 5.93. The van der Waals surface area contributed by atoms with Gasteiger partial charge in [0.2, 0.25) is 0 Å². The average molecular weight is 369 g/mol. The minimum Gasteiger partial charge on any atom is -0.408 e. The number of hydrogen-bond donors (Lipinski definition) is 1. The molecule has 4 atom stereocenters. The summed E-state index contributed by atoms with van der Waals surface area (Å²) in [7, 11) is -2.04. The van der Waals surface area contributed by atoms with Crippen LogP contribution < -0.4 is 11.2 Å². The lowest BCUT2D eigenvalue weighted by Gasteiger charge is -2.40. The minimum atomic E-state index is -2.04. The van der Waals surface area contributed by atoms with Gasteiger partial charge in [-0.15, -0.1) is 0 Å². The van der Waals surface area contributed by atoms with Crippen molar-refractivity contribution in [2.45, 2.75) is 76.3 Å². The second kappa shape index (κ2) is 5.90. The zero-order valence-corrected chi connectivity index (χ0v) is 16.8. The Labute approximate surface area is 148 Å². The first-order chi connectivity index (χ1) is 11.5. The Morgan fingerprint density at radius 1 is 1.40 bits per heavy atom. The Morgan fingerprint density at radius 3 is 2.64 bits per heavy atom. The number of fused-ring (bicyclic) bond motifs is 2. The van der Waals surface area contributed by atoms with Crippen molar-refractivity contribution in [3.8, 4) is 0 Å². The maximum absolute atomic E-state index is 12.2. The quantitative estimate of drug-likeness (QED) is 0.822. The molecule has 2 fully saturated rings. The topological polar surface area (TPSA) is 82.6 Å². The molecule has 1 aromatic rings. The van der Waals surface area contributed by atoms with Crippen LogP contribution in [0.1, 0.15) is 40.3 Å². The number of nitrogens with one attached hydrogen (secondary N) is 1. The van der Waals surface area contributed by atoms with Crippen LogP contribution in [0.15, 0.2) is 21.9 Å². The molecule has 3 rings (SSSR count). The zero-order valence-electron chi connectivity index (χ0n) is 15.8. The van der Waals surface area contributed by atoms with Crippen LogP contribution in [0, 0.1) is 0 Å². The molecule has 3 heterocycles. The molecule has 0 aliphatic carbocycles. The van der Waals surface area contributed by atoms with Gasteiger partial charge in [0.05, 0.1) is 6.61 Å². The van der Waals surface area contributed by atoms with E-state index in [1.54, 1.807) is 0 Å². The number of hydrogen-bond acceptors (Lipinski definition) is 5. The van der Waals surface area contributed by atoms with Gasteiger partial charge in [-0.05, 0) is 24.6 Å². The van der Waals surface area contributed by atoms with Gasteiger partial charge in [0.1, 0.15) is 17.8 Å². The highest BCUT2D eigenvalue weighted by atomic mass is 28.4. The molecular formula is C17H28N2O5Si. The van der Waals surface area contributed by atoms with Gasteiger partial charge in [0, 0.05) is 12.3 Å². The molecule has 2 saturated heterocycles. The van der Waals surface area contributed by atoms with Crippen molar-refractivity contribution < 1.29 is 13.9 Å². The van der Waals surface area contributed by atoms with Gasteiger partial charge in [0.15, 0.2) is 14.5 Å². The van der Waals surface area contributed by atoms with Gasteiger partial charge in [-0.1, -0.05) is 27.7 Å². The number of aromatic nitrogens is 2. The molecule has 0 saturated carbocycles. The Morgan fingerprint density at radius 2 is 2.08 bits per heavy atom. The van der Waals surface area contributed by atoms with Crippen molar-refractivity contribution >= 4 is 8.32 Å². The molecule has 7 nitrogen and oxygen atoms in total. The van der Waals surface area contributed by atoms with Crippen LogP contribution in [0.3, 0.4) is 0 Å². The van der Waals surface area contributed by atoms with Gasteiger partial charge in [0.25, 0.3) is 5.56 Å². The first-order valence-corrected chi connectivity index (χ1v) is 11.7. The van der Waals surface area contributed by atoms with E-state index in [1.165, 1.54) is 16.8 Å². The molecule has 0 amide bonds. The molecule has 2 aliphatic rings. The summed E-state index contributed by atoms with van der Waals surface area (Å²) in [5.41, 5.74) is -1.48. The van der Waals surface area contributed by atoms with Crippen LogP contribution >= 0.6 is 0 Å². The van der Waals surface area contributed by atoms with Crippen molar-refractivity contribution in [3.05, 3.63) is 33.1 Å². The van der Waals surface area contributed by atoms with Crippen LogP contribution in [-0.4, -0.2) is 42.3 Å². The Balaban J connectivity index is 1.95. The standard InChI is InChI=1S/C17H28N2O5Si/c1-7-17-10-22-12(13(17)24-25(5,6)16(2,3)4)14(23-17)19-9-8-11(20)18-15(19)21/h8-9,12-14H,7,10H2,1-6H3,(H,18,20,21)/t12?,13-,14-,17-/m1/s1. The van der Waals surface area contributed by atoms with Crippen LogP contribution in [-0.2, 0) is 13.9 Å². The predicted octanol–water partition coefficient (Wildman–Crippen LogP) is 2.00. The summed E-state index contributed by atoms with van der Waals surface area (Å²) in [6, 6.07) is 1.32. The molecule has 1 aromatic heterocycles. The molecule has 1 N–H and O–H groups in total. The highest BCUT2D eigenvalue weighted by Crippen LogP contribution is 2.50. The van der Waals surface area contributed by atoms with E-state index in [0.717, 1.165) is 6.42 Å². The summed E-state index contributed by atoms with van der Waals surface area (Å²) >= 11 is 0. The van der Waals surface area contributed by atoms with E-state index in [0.29, 0.717) is 6.61 Å². The minimum absolute atomic E-state index is 0.0638. The first-order valence-electron chi connectivity index (χ1n) is 8.79. The fourth-order valence-electron chi connectivity index (χ4n) is 3.24. The van der Waals surface area contributed by atoms with E-state index in [1.807, 2.05) is 6.92 Å². The third kappa shape index (κ3) is 2.95. The van der Waals surface area contributed by atoms with Crippen LogP contribution in [0.4, 0.5) is 0 Å². The number of ether oxygens (including phenoxy) is 2. The van der Waals surface area contributed by atoms with Crippen LogP contribution in [0.5, 0.6) is 0 Å². The fraction of sp³-hybridized carbons (Fsp3) is 0.765. The summed E-state index contributed by atoms with van der Waals surface area (Å²) in [4.78, 5) is 25.8. The largest absolute Gasteiger partial charge is 0.408 e. The Kier molecular flexibility index (Phi) is 4.38. The SMILES string of the molecule is CC[C@]12COC([C@H](n3ccc(=O)[nH]c3=O)O1)[C@H]2O[Si](C)(C)C(C)(C)C. The Hall–Kier alpha value is -1.22. The van der Waals surface area contributed by atoms with E-state index >= 15 is 0 Å². The third-order valence-corrected chi connectivity index (χ3v) is 10.4. The van der Waals surface area contributed by atoms with Gasteiger partial charge < -0.3 is 13.9 Å². The highest BCUT2D eigenvalue weighted by molar-refractivity contribution is 6.74. The number of rotatable bonds is 4. The number of H-pyrrole nitrogens is 1. The van der Waals surface area contributed by atoms with Crippen molar-refractivity contribution in [1.82, 2.24) is 9.55 Å². The maximum Gasteiger partial charge on any atom is 0.330 e. The van der Waals surface area contributed by atoms with Crippen molar-refractivity contribution in [2.24, 2.45) is 0 Å². The summed E-state index contributed by atoms with van der Waals surface area (Å²) < 4.78 is 20.3. The van der Waals surface area contributed by atoms with E-state index in [-0.39, 0.29) is 17.2 Å². The molecule has 0 radical (unpaired) electrons. The lowest BCUT2D eigenvalue weighted by molar-refractivity contribution is -0.175. The second-order valence-corrected chi connectivity index (χ2v) is 13.3. The van der Waals surface area contributed by atoms with E-state index in [2.05, 4.69) is 38.8 Å². The lowest BCUT2D eigenvalue weighted by atomic mass is 9.96. The van der Waals surface area contributed by atoms with Crippen LogP contribution in [0.2, 0.25) is 18.1 Å². The van der Waals surface area contributed by atoms with Crippen molar-refractivity contribution in [1.29, 1.82) is 0 Å². The van der Waals surface area contributed by atoms with Crippen molar-refractivity contribution in [2.75, 3.05) is 6.61 Å². The molecule has 2 aliphatic heterocycles. The molecule has 2 bridgehead atoms. The summed E-state index contributed by atoms with van der Waals surface area (Å²) in [5, 5.41) is 0.0638. The van der Waals surface area contributed by atoms with Gasteiger partial charge in [-0.3, -0.25) is 14.3 Å². The molecular weight excluding hydrogens is 340 g/mol. The second-order valence-electron chi connectivity index (χ2n) is 8.52. The van der Waals surface area contributed by atoms with Crippen molar-refractivity contribution in [3.63, 3.8) is 0 Å². The van der Waals surface area contributed by atoms with E-state index < -0.39 is 31.4 Å². The monoisotopic (exact) mass is 368 g/mol. The van der Waals surface area contributed by atoms with Gasteiger partial charge >= 0.3 is 5.69 Å². The average Bonchev–Trinajstić information content (AvgIpc) is 2.98. The van der Waals surface area contributed by atoms with Crippen LogP contribution in [0.25, 0.3) is 0 Å². The Bertz CT molecular complexity index is 765. The normalized spacial score (nSPS) is 32.3. The summed E-state index contributed by atoms with van der Waals surface area (Å²) in [6.45, 7) is 13.5. The summed E-state index contributed by atoms with van der Waals surface area (Å²) in [6.07, 6.45) is 1.02. The summed E-state index contributed by atoms with van der Waals surface area (Å²) in [5.74, 6) is 0. The highest BCUT2D eigenvalue weighted by Gasteiger charge is 2.63. The molecule has 25 heavy (non-hydrogen) atoms. The number of aromatic amines is 1. The first kappa shape index (κ1) is 18.6. The predicted molar refractivity (Wildman–Crippen MR) is 96.3 cm³/mol. The smallest absolute Gasteiger partial charge is 0.330 e. The van der Waals surface area contributed by atoms with Gasteiger partial charge in [-0.25, -0.2) is 4.79 Å². The van der Waals surface area contributed by atoms with E-state index in [4.69, 9.17) is 13.9 Å². The fourth-order valence-corrected chi connectivity index (χ4v) is 4.58. The zero-order chi connectivity index (χ0) is 18.6. The number of nitrogens with zero attached hydrogens (tertiary/aromatic N) is 1. The lowest BCUT2D eigenvalue weighted by Crippen LogP contribution is -2.51. The molecule has 0 aromatic carbocycles.